The van der Waals surface area contributed by atoms with Crippen LogP contribution in [0.1, 0.15) is 22.8 Å². The van der Waals surface area contributed by atoms with Gasteiger partial charge in [-0.3, -0.25) is 9.59 Å². The summed E-state index contributed by atoms with van der Waals surface area (Å²) in [5.74, 6) is -0.238. The molecule has 0 heterocycles. The van der Waals surface area contributed by atoms with Crippen molar-refractivity contribution in [1.82, 2.24) is 5.32 Å². The van der Waals surface area contributed by atoms with Crippen LogP contribution in [0.2, 0.25) is 0 Å². The second-order valence-electron chi connectivity index (χ2n) is 6.28. The van der Waals surface area contributed by atoms with E-state index in [9.17, 15) is 14.4 Å². The highest BCUT2D eigenvalue weighted by molar-refractivity contribution is 5.94. The molecule has 0 saturated carbocycles. The maximum atomic E-state index is 12.3. The topological polar surface area (TPSA) is 112 Å². The first kappa shape index (κ1) is 23.8. The number of carbonyl (C=O) groups is 3. The standard InChI is InChI=1S/C22H26N2O7/c1-3-30-22(27)31-19-10-6-17(7-11-19)21(26)23-14-16-4-8-18(9-5-16)24-20(25)15-29-13-12-28-2/h4-11H,3,12-15H2,1-2H3,(H,23,26)(H,24,25). The molecule has 31 heavy (non-hydrogen) atoms. The minimum atomic E-state index is -0.794. The van der Waals surface area contributed by atoms with Gasteiger partial charge in [0.2, 0.25) is 5.91 Å². The van der Waals surface area contributed by atoms with Crippen LogP contribution in [-0.4, -0.2) is 51.5 Å². The third kappa shape index (κ3) is 8.85. The molecule has 0 aliphatic rings. The first-order valence-corrected chi connectivity index (χ1v) is 9.70. The van der Waals surface area contributed by atoms with Crippen molar-refractivity contribution >= 4 is 23.7 Å². The Hall–Kier alpha value is -3.43. The molecule has 2 aromatic carbocycles. The Morgan fingerprint density at radius 2 is 1.65 bits per heavy atom. The summed E-state index contributed by atoms with van der Waals surface area (Å²) in [5, 5.41) is 5.53. The number of hydrogen-bond acceptors (Lipinski definition) is 7. The maximum absolute atomic E-state index is 12.3. The van der Waals surface area contributed by atoms with Gasteiger partial charge < -0.3 is 29.6 Å². The summed E-state index contributed by atoms with van der Waals surface area (Å²) in [4.78, 5) is 35.4. The second-order valence-corrected chi connectivity index (χ2v) is 6.28. The van der Waals surface area contributed by atoms with Gasteiger partial charge in [-0.1, -0.05) is 12.1 Å². The van der Waals surface area contributed by atoms with Crippen molar-refractivity contribution < 1.29 is 33.3 Å². The van der Waals surface area contributed by atoms with Gasteiger partial charge in [-0.15, -0.1) is 0 Å². The van der Waals surface area contributed by atoms with E-state index in [0.717, 1.165) is 5.56 Å². The van der Waals surface area contributed by atoms with Crippen molar-refractivity contribution in [3.8, 4) is 5.75 Å². The minimum Gasteiger partial charge on any atom is -0.434 e. The quantitative estimate of drug-likeness (QED) is 0.320. The number of amides is 2. The van der Waals surface area contributed by atoms with Gasteiger partial charge >= 0.3 is 6.16 Å². The van der Waals surface area contributed by atoms with Gasteiger partial charge in [-0.2, -0.15) is 0 Å². The molecule has 0 radical (unpaired) electrons. The molecule has 9 heteroatoms. The van der Waals surface area contributed by atoms with E-state index in [4.69, 9.17) is 18.9 Å². The van der Waals surface area contributed by atoms with Gasteiger partial charge in [0, 0.05) is 24.9 Å². The zero-order valence-electron chi connectivity index (χ0n) is 17.5. The largest absolute Gasteiger partial charge is 0.513 e. The van der Waals surface area contributed by atoms with E-state index < -0.39 is 6.16 Å². The van der Waals surface area contributed by atoms with E-state index in [1.807, 2.05) is 0 Å². The van der Waals surface area contributed by atoms with E-state index >= 15 is 0 Å². The van der Waals surface area contributed by atoms with Crippen LogP contribution in [0.15, 0.2) is 48.5 Å². The van der Waals surface area contributed by atoms with Crippen molar-refractivity contribution in [2.24, 2.45) is 0 Å². The number of methoxy groups -OCH3 is 1. The summed E-state index contributed by atoms with van der Waals surface area (Å²) in [6.07, 6.45) is -0.794. The van der Waals surface area contributed by atoms with Gasteiger partial charge in [0.05, 0.1) is 19.8 Å². The Balaban J connectivity index is 1.77. The van der Waals surface area contributed by atoms with Crippen molar-refractivity contribution in [2.45, 2.75) is 13.5 Å². The molecule has 0 aliphatic carbocycles. The maximum Gasteiger partial charge on any atom is 0.513 e. The monoisotopic (exact) mass is 430 g/mol. The predicted molar refractivity (Wildman–Crippen MR) is 113 cm³/mol. The summed E-state index contributed by atoms with van der Waals surface area (Å²) in [6.45, 7) is 2.94. The summed E-state index contributed by atoms with van der Waals surface area (Å²) < 4.78 is 19.6. The molecule has 0 aliphatic heterocycles. The molecule has 2 aromatic rings. The molecule has 0 aromatic heterocycles. The van der Waals surface area contributed by atoms with Crippen LogP contribution < -0.4 is 15.4 Å². The fraction of sp³-hybridized carbons (Fsp3) is 0.318. The lowest BCUT2D eigenvalue weighted by Gasteiger charge is -2.09. The van der Waals surface area contributed by atoms with Crippen LogP contribution in [0.25, 0.3) is 0 Å². The van der Waals surface area contributed by atoms with Crippen LogP contribution in [0.3, 0.4) is 0 Å². The van der Waals surface area contributed by atoms with Crippen molar-refractivity contribution in [2.75, 3.05) is 38.9 Å². The lowest BCUT2D eigenvalue weighted by Crippen LogP contribution is -2.23. The van der Waals surface area contributed by atoms with E-state index in [-0.39, 0.29) is 30.8 Å². The lowest BCUT2D eigenvalue weighted by molar-refractivity contribution is -0.121. The molecule has 166 valence electrons. The molecular weight excluding hydrogens is 404 g/mol. The molecule has 0 unspecified atom stereocenters. The highest BCUT2D eigenvalue weighted by Gasteiger charge is 2.09. The normalized spacial score (nSPS) is 10.3. The summed E-state index contributed by atoms with van der Waals surface area (Å²) in [5.41, 5.74) is 1.92. The Morgan fingerprint density at radius 1 is 0.935 bits per heavy atom. The Labute approximate surface area is 180 Å². The number of nitrogens with one attached hydrogen (secondary N) is 2. The molecule has 0 spiro atoms. The molecule has 2 N–H and O–H groups in total. The minimum absolute atomic E-state index is 0.0508. The zero-order chi connectivity index (χ0) is 22.5. The summed E-state index contributed by atoms with van der Waals surface area (Å²) in [6, 6.07) is 13.2. The van der Waals surface area contributed by atoms with E-state index in [1.165, 1.54) is 12.1 Å². The molecule has 2 amide bonds. The smallest absolute Gasteiger partial charge is 0.434 e. The molecule has 2 rings (SSSR count). The first-order chi connectivity index (χ1) is 15.0. The average molecular weight is 430 g/mol. The fourth-order valence-corrected chi connectivity index (χ4v) is 2.41. The summed E-state index contributed by atoms with van der Waals surface area (Å²) in [7, 11) is 1.56. The molecule has 0 bridgehead atoms. The molecule has 9 nitrogen and oxygen atoms in total. The third-order valence-electron chi connectivity index (χ3n) is 3.94. The Bertz CT molecular complexity index is 851. The van der Waals surface area contributed by atoms with Gasteiger partial charge in [0.1, 0.15) is 12.4 Å². The Morgan fingerprint density at radius 3 is 2.29 bits per heavy atom. The van der Waals surface area contributed by atoms with Crippen LogP contribution in [0, 0.1) is 0 Å². The average Bonchev–Trinajstić information content (AvgIpc) is 2.77. The fourth-order valence-electron chi connectivity index (χ4n) is 2.41. The van der Waals surface area contributed by atoms with Gasteiger partial charge in [0.25, 0.3) is 5.91 Å². The van der Waals surface area contributed by atoms with E-state index in [1.54, 1.807) is 50.4 Å². The van der Waals surface area contributed by atoms with Crippen molar-refractivity contribution in [1.29, 1.82) is 0 Å². The third-order valence-corrected chi connectivity index (χ3v) is 3.94. The number of rotatable bonds is 11. The van der Waals surface area contributed by atoms with Crippen LogP contribution in [0.4, 0.5) is 10.5 Å². The molecular formula is C22H26N2O7. The van der Waals surface area contributed by atoms with Crippen LogP contribution in [0.5, 0.6) is 5.75 Å². The molecule has 0 saturated heterocycles. The van der Waals surface area contributed by atoms with Gasteiger partial charge in [0.15, 0.2) is 0 Å². The highest BCUT2D eigenvalue weighted by atomic mass is 16.7. The second kappa shape index (κ2) is 13.0. The van der Waals surface area contributed by atoms with E-state index in [0.29, 0.717) is 31.0 Å². The van der Waals surface area contributed by atoms with E-state index in [2.05, 4.69) is 10.6 Å². The first-order valence-electron chi connectivity index (χ1n) is 9.70. The molecule has 0 atom stereocenters. The lowest BCUT2D eigenvalue weighted by atomic mass is 10.1. The van der Waals surface area contributed by atoms with Crippen LogP contribution in [-0.2, 0) is 25.5 Å². The number of benzene rings is 2. The van der Waals surface area contributed by atoms with Crippen molar-refractivity contribution in [3.63, 3.8) is 0 Å². The zero-order valence-corrected chi connectivity index (χ0v) is 17.5. The van der Waals surface area contributed by atoms with Gasteiger partial charge in [-0.25, -0.2) is 4.79 Å². The van der Waals surface area contributed by atoms with Crippen molar-refractivity contribution in [3.05, 3.63) is 59.7 Å². The Kier molecular flexibility index (Phi) is 9.99. The number of hydrogen-bond donors (Lipinski definition) is 2. The predicted octanol–water partition coefficient (Wildman–Crippen LogP) is 2.75. The highest BCUT2D eigenvalue weighted by Crippen LogP contribution is 2.14. The molecule has 0 fully saturated rings. The van der Waals surface area contributed by atoms with Gasteiger partial charge in [-0.05, 0) is 48.9 Å². The summed E-state index contributed by atoms with van der Waals surface area (Å²) >= 11 is 0. The van der Waals surface area contributed by atoms with Crippen LogP contribution >= 0.6 is 0 Å². The SMILES string of the molecule is CCOC(=O)Oc1ccc(C(=O)NCc2ccc(NC(=O)COCCOC)cc2)cc1. The number of carbonyl (C=O) groups excluding carboxylic acids is 3. The number of ether oxygens (including phenoxy) is 4. The number of anilines is 1.